The van der Waals surface area contributed by atoms with Crippen LogP contribution in [0.1, 0.15) is 24.3 Å². The van der Waals surface area contributed by atoms with Gasteiger partial charge in [0.15, 0.2) is 0 Å². The Kier molecular flexibility index (Phi) is 3.07. The van der Waals surface area contributed by atoms with Gasteiger partial charge in [0.05, 0.1) is 5.52 Å². The Balaban J connectivity index is 2.45. The van der Waals surface area contributed by atoms with Crippen LogP contribution >= 0.6 is 11.6 Å². The summed E-state index contributed by atoms with van der Waals surface area (Å²) in [6, 6.07) is 4.56. The fourth-order valence-corrected chi connectivity index (χ4v) is 1.82. The molecule has 0 aliphatic heterocycles. The first-order valence-electron chi connectivity index (χ1n) is 5.26. The number of halogens is 2. The number of benzene rings is 1. The zero-order valence-electron chi connectivity index (χ0n) is 9.47. The molecule has 0 saturated heterocycles. The van der Waals surface area contributed by atoms with E-state index in [9.17, 15) is 9.18 Å². The fraction of sp³-hybridized carbons (Fsp3) is 0.250. The molecule has 17 heavy (non-hydrogen) atoms. The number of carbonyl (C=O) groups excluding carboxylic acids is 1. The van der Waals surface area contributed by atoms with Crippen molar-refractivity contribution in [3.05, 3.63) is 34.7 Å². The highest BCUT2D eigenvalue weighted by molar-refractivity contribution is 6.35. The van der Waals surface area contributed by atoms with Crippen LogP contribution in [0.2, 0.25) is 5.02 Å². The van der Waals surface area contributed by atoms with Gasteiger partial charge in [-0.25, -0.2) is 4.39 Å². The monoisotopic (exact) mass is 254 g/mol. The summed E-state index contributed by atoms with van der Waals surface area (Å²) in [7, 11) is 0. The Morgan fingerprint density at radius 3 is 2.82 bits per heavy atom. The summed E-state index contributed by atoms with van der Waals surface area (Å²) in [5, 5.41) is 3.47. The van der Waals surface area contributed by atoms with Crippen LogP contribution in [-0.2, 0) is 0 Å². The minimum Gasteiger partial charge on any atom is -0.349 e. The summed E-state index contributed by atoms with van der Waals surface area (Å²) >= 11 is 5.81. The van der Waals surface area contributed by atoms with Crippen molar-refractivity contribution in [2.24, 2.45) is 0 Å². The number of aromatic nitrogens is 1. The maximum Gasteiger partial charge on any atom is 0.267 e. The molecule has 0 radical (unpaired) electrons. The van der Waals surface area contributed by atoms with E-state index in [1.807, 2.05) is 13.8 Å². The van der Waals surface area contributed by atoms with Crippen molar-refractivity contribution in [1.82, 2.24) is 10.3 Å². The molecule has 1 heterocycles. The van der Waals surface area contributed by atoms with Crippen molar-refractivity contribution in [2.45, 2.75) is 19.9 Å². The van der Waals surface area contributed by atoms with Gasteiger partial charge in [-0.1, -0.05) is 11.6 Å². The van der Waals surface area contributed by atoms with E-state index >= 15 is 0 Å². The molecule has 2 rings (SSSR count). The van der Waals surface area contributed by atoms with Gasteiger partial charge < -0.3 is 10.3 Å². The Labute approximate surface area is 103 Å². The molecule has 0 atom stereocenters. The molecule has 0 spiro atoms. The van der Waals surface area contributed by atoms with Crippen LogP contribution in [0.15, 0.2) is 18.2 Å². The van der Waals surface area contributed by atoms with Crippen molar-refractivity contribution >= 4 is 28.4 Å². The molecule has 0 fully saturated rings. The van der Waals surface area contributed by atoms with Crippen LogP contribution < -0.4 is 5.32 Å². The van der Waals surface area contributed by atoms with Crippen molar-refractivity contribution in [3.8, 4) is 0 Å². The molecule has 0 aliphatic rings. The molecule has 1 aromatic carbocycles. The highest BCUT2D eigenvalue weighted by Crippen LogP contribution is 2.26. The van der Waals surface area contributed by atoms with Crippen LogP contribution in [0, 0.1) is 5.82 Å². The van der Waals surface area contributed by atoms with Gasteiger partial charge in [-0.15, -0.1) is 0 Å². The highest BCUT2D eigenvalue weighted by Gasteiger charge is 2.13. The maximum absolute atomic E-state index is 13.2. The standard InChI is InChI=1S/C12H12ClFN2O/c1-6(2)15-12(17)9-5-7-3-4-8(14)10(13)11(7)16-9/h3-6,16H,1-2H3,(H,15,17). The predicted octanol–water partition coefficient (Wildman–Crippen LogP) is 3.10. The van der Waals surface area contributed by atoms with Gasteiger partial charge >= 0.3 is 0 Å². The molecular formula is C12H12ClFN2O. The van der Waals surface area contributed by atoms with Gasteiger partial charge in [-0.3, -0.25) is 4.79 Å². The third kappa shape index (κ3) is 2.26. The third-order valence-corrected chi connectivity index (χ3v) is 2.72. The minimum absolute atomic E-state index is 0.00565. The summed E-state index contributed by atoms with van der Waals surface area (Å²) in [6.45, 7) is 3.74. The lowest BCUT2D eigenvalue weighted by Crippen LogP contribution is -2.30. The number of hydrogen-bond acceptors (Lipinski definition) is 1. The molecule has 0 bridgehead atoms. The van der Waals surface area contributed by atoms with E-state index in [1.54, 1.807) is 12.1 Å². The number of carbonyl (C=O) groups is 1. The maximum atomic E-state index is 13.2. The van der Waals surface area contributed by atoms with E-state index in [0.29, 0.717) is 16.6 Å². The smallest absolute Gasteiger partial charge is 0.267 e. The molecule has 1 amide bonds. The van der Waals surface area contributed by atoms with E-state index in [1.165, 1.54) is 6.07 Å². The lowest BCUT2D eigenvalue weighted by molar-refractivity contribution is 0.0939. The molecule has 2 aromatic rings. The van der Waals surface area contributed by atoms with E-state index in [2.05, 4.69) is 10.3 Å². The highest BCUT2D eigenvalue weighted by atomic mass is 35.5. The second kappa shape index (κ2) is 4.37. The number of nitrogens with one attached hydrogen (secondary N) is 2. The van der Waals surface area contributed by atoms with Crippen molar-refractivity contribution in [3.63, 3.8) is 0 Å². The Bertz CT molecular complexity index is 577. The fourth-order valence-electron chi connectivity index (χ4n) is 1.60. The molecule has 5 heteroatoms. The zero-order chi connectivity index (χ0) is 12.6. The number of rotatable bonds is 2. The molecule has 2 N–H and O–H groups in total. The second-order valence-corrected chi connectivity index (χ2v) is 4.51. The average Bonchev–Trinajstić information content (AvgIpc) is 2.67. The summed E-state index contributed by atoms with van der Waals surface area (Å²) < 4.78 is 13.2. The lowest BCUT2D eigenvalue weighted by atomic mass is 10.2. The molecule has 1 aromatic heterocycles. The summed E-state index contributed by atoms with van der Waals surface area (Å²) in [5.74, 6) is -0.732. The molecule has 90 valence electrons. The Morgan fingerprint density at radius 2 is 2.18 bits per heavy atom. The first-order valence-corrected chi connectivity index (χ1v) is 5.64. The largest absolute Gasteiger partial charge is 0.349 e. The number of hydrogen-bond donors (Lipinski definition) is 2. The third-order valence-electron chi connectivity index (χ3n) is 2.35. The molecule has 0 saturated carbocycles. The quantitative estimate of drug-likeness (QED) is 0.850. The van der Waals surface area contributed by atoms with Crippen LogP contribution in [-0.4, -0.2) is 16.9 Å². The van der Waals surface area contributed by atoms with E-state index in [-0.39, 0.29) is 17.0 Å². The van der Waals surface area contributed by atoms with Crippen molar-refractivity contribution in [1.29, 1.82) is 0 Å². The first kappa shape index (κ1) is 11.9. The minimum atomic E-state index is -0.503. The van der Waals surface area contributed by atoms with Gasteiger partial charge in [0, 0.05) is 11.4 Å². The van der Waals surface area contributed by atoms with E-state index in [4.69, 9.17) is 11.6 Å². The predicted molar refractivity (Wildman–Crippen MR) is 65.9 cm³/mol. The number of H-pyrrole nitrogens is 1. The van der Waals surface area contributed by atoms with Crippen LogP contribution in [0.5, 0.6) is 0 Å². The van der Waals surface area contributed by atoms with Gasteiger partial charge in [0.2, 0.25) is 0 Å². The number of fused-ring (bicyclic) bond motifs is 1. The van der Waals surface area contributed by atoms with Crippen molar-refractivity contribution < 1.29 is 9.18 Å². The molecule has 0 unspecified atom stereocenters. The van der Waals surface area contributed by atoms with Gasteiger partial charge in [-0.05, 0) is 32.0 Å². The number of aromatic amines is 1. The van der Waals surface area contributed by atoms with Crippen LogP contribution in [0.4, 0.5) is 4.39 Å². The van der Waals surface area contributed by atoms with Gasteiger partial charge in [0.25, 0.3) is 5.91 Å². The Hall–Kier alpha value is -1.55. The average molecular weight is 255 g/mol. The normalized spacial score (nSPS) is 11.1. The van der Waals surface area contributed by atoms with Gasteiger partial charge in [0.1, 0.15) is 16.5 Å². The zero-order valence-corrected chi connectivity index (χ0v) is 10.2. The lowest BCUT2D eigenvalue weighted by Gasteiger charge is -2.05. The van der Waals surface area contributed by atoms with E-state index < -0.39 is 5.82 Å². The Morgan fingerprint density at radius 1 is 1.47 bits per heavy atom. The first-order chi connectivity index (χ1) is 7.99. The van der Waals surface area contributed by atoms with Crippen LogP contribution in [0.3, 0.4) is 0 Å². The van der Waals surface area contributed by atoms with E-state index in [0.717, 1.165) is 0 Å². The topological polar surface area (TPSA) is 44.9 Å². The SMILES string of the molecule is CC(C)NC(=O)c1cc2ccc(F)c(Cl)c2[nH]1. The summed E-state index contributed by atoms with van der Waals surface area (Å²) in [4.78, 5) is 14.6. The molecule has 0 aliphatic carbocycles. The molecular weight excluding hydrogens is 243 g/mol. The molecule has 3 nitrogen and oxygen atoms in total. The summed E-state index contributed by atoms with van der Waals surface area (Å²) in [5.41, 5.74) is 0.821. The van der Waals surface area contributed by atoms with Crippen molar-refractivity contribution in [2.75, 3.05) is 0 Å². The summed E-state index contributed by atoms with van der Waals surface area (Å²) in [6.07, 6.45) is 0. The van der Waals surface area contributed by atoms with Crippen LogP contribution in [0.25, 0.3) is 10.9 Å². The van der Waals surface area contributed by atoms with Gasteiger partial charge in [-0.2, -0.15) is 0 Å². The number of amides is 1. The second-order valence-electron chi connectivity index (χ2n) is 4.14.